The Bertz CT molecular complexity index is 3380. The minimum absolute atomic E-state index is 0.00207. The quantitative estimate of drug-likeness (QED) is 0.0513. The Hall–Kier alpha value is -6.74. The molecule has 0 bridgehead atoms. The first-order chi connectivity index (χ1) is 41.4. The maximum Gasteiger partial charge on any atom is 0.416 e. The highest BCUT2D eigenvalue weighted by Crippen LogP contribution is 2.37. The number of piperidine rings is 2. The van der Waals surface area contributed by atoms with Crippen molar-refractivity contribution in [3.8, 4) is 21.7 Å². The molecule has 4 aliphatic rings. The Labute approximate surface area is 508 Å². The first kappa shape index (κ1) is 63.3. The lowest BCUT2D eigenvalue weighted by atomic mass is 9.84. The van der Waals surface area contributed by atoms with Gasteiger partial charge in [-0.1, -0.05) is 57.2 Å². The van der Waals surface area contributed by atoms with Crippen molar-refractivity contribution in [1.29, 1.82) is 0 Å². The molecule has 8 heterocycles. The molecule has 4 saturated heterocycles. The van der Waals surface area contributed by atoms with E-state index in [2.05, 4.69) is 45.3 Å². The third-order valence-electron chi connectivity index (χ3n) is 18.0. The van der Waals surface area contributed by atoms with Gasteiger partial charge in [0.1, 0.15) is 29.7 Å². The van der Waals surface area contributed by atoms with Gasteiger partial charge in [-0.2, -0.15) is 13.2 Å². The summed E-state index contributed by atoms with van der Waals surface area (Å²) in [5.41, 5.74) is 18.1. The summed E-state index contributed by atoms with van der Waals surface area (Å²) in [6, 6.07) is 12.7. The van der Waals surface area contributed by atoms with Crippen LogP contribution in [0.2, 0.25) is 0 Å². The number of thiazole rings is 1. The van der Waals surface area contributed by atoms with Gasteiger partial charge in [-0.3, -0.25) is 24.3 Å². The SMILES string of the molecule is Cc1ncsc1-c1ccc([C@H](C)NC(=O)[C@@H]2C[C@@H](O)CN2C(=O)[C@@H](NC(=O)CCN2CCN(CCN3CCC(Cc4ccc(-c5cc(Cn6cnc7c(N)ncnc76)c(N6CCC[C@](N)([C@H](O)C(F)(F)F)C6)cn5)cc4F)CC3)CC2)C(C)(C)C)cc1. The van der Waals surface area contributed by atoms with Crippen LogP contribution in [0, 0.1) is 24.1 Å². The number of halogens is 4. The van der Waals surface area contributed by atoms with Crippen molar-refractivity contribution in [3.63, 3.8) is 0 Å². The molecule has 6 atom stereocenters. The van der Waals surface area contributed by atoms with Crippen molar-refractivity contribution >= 4 is 51.7 Å². The number of rotatable bonds is 19. The number of carbonyl (C=O) groups is 3. The number of nitrogens with two attached hydrogens (primary N) is 2. The van der Waals surface area contributed by atoms with E-state index in [4.69, 9.17) is 16.5 Å². The summed E-state index contributed by atoms with van der Waals surface area (Å²) in [6.07, 6.45) is -0.988. The van der Waals surface area contributed by atoms with Crippen LogP contribution in [0.1, 0.15) is 94.6 Å². The first-order valence-corrected chi connectivity index (χ1v) is 31.0. The van der Waals surface area contributed by atoms with Crippen LogP contribution in [0.4, 0.5) is 29.1 Å². The van der Waals surface area contributed by atoms with E-state index in [9.17, 15) is 37.8 Å². The number of aliphatic hydroxyl groups excluding tert-OH is 2. The van der Waals surface area contributed by atoms with Gasteiger partial charge in [-0.15, -0.1) is 11.3 Å². The average molecular weight is 1220 g/mol. The highest BCUT2D eigenvalue weighted by molar-refractivity contribution is 7.13. The van der Waals surface area contributed by atoms with Crippen LogP contribution in [0.15, 0.2) is 72.9 Å². The predicted octanol–water partition coefficient (Wildman–Crippen LogP) is 5.94. The van der Waals surface area contributed by atoms with E-state index in [0.717, 1.165) is 86.9 Å². The topological polar surface area (TPSA) is 253 Å². The molecule has 3 amide bonds. The van der Waals surface area contributed by atoms with Crippen molar-refractivity contribution in [2.24, 2.45) is 17.1 Å². The van der Waals surface area contributed by atoms with Crippen molar-refractivity contribution < 1.29 is 42.2 Å². The van der Waals surface area contributed by atoms with Crippen molar-refractivity contribution in [1.82, 2.24) is 59.7 Å². The van der Waals surface area contributed by atoms with Gasteiger partial charge < -0.3 is 56.5 Å². The summed E-state index contributed by atoms with van der Waals surface area (Å²) in [4.78, 5) is 74.9. The predicted molar refractivity (Wildman–Crippen MR) is 326 cm³/mol. The number of fused-ring (bicyclic) bond motifs is 1. The fourth-order valence-corrected chi connectivity index (χ4v) is 13.6. The molecule has 468 valence electrons. The van der Waals surface area contributed by atoms with Crippen LogP contribution in [0.5, 0.6) is 0 Å². The highest BCUT2D eigenvalue weighted by atomic mass is 32.1. The number of likely N-dealkylation sites (tertiary alicyclic amines) is 2. The number of hydrogen-bond donors (Lipinski definition) is 6. The van der Waals surface area contributed by atoms with Crippen LogP contribution >= 0.6 is 11.3 Å². The van der Waals surface area contributed by atoms with Crippen molar-refractivity contribution in [3.05, 3.63) is 101 Å². The maximum absolute atomic E-state index is 16.1. The number of piperazine rings is 1. The zero-order valence-electron chi connectivity index (χ0n) is 50.1. The van der Waals surface area contributed by atoms with Crippen LogP contribution in [0.3, 0.4) is 0 Å². The van der Waals surface area contributed by atoms with Gasteiger partial charge in [0.2, 0.25) is 17.7 Å². The number of β-amino-alcohol motifs (C(OH)–C–C–N with tert-alkyl or cyclic N) is 1. The normalized spacial score (nSPS) is 21.5. The van der Waals surface area contributed by atoms with E-state index in [1.54, 1.807) is 39.4 Å². The smallest absolute Gasteiger partial charge is 0.391 e. The number of aryl methyl sites for hydroxylation is 1. The number of anilines is 2. The van der Waals surface area contributed by atoms with Gasteiger partial charge in [0.25, 0.3) is 0 Å². The molecule has 25 heteroatoms. The van der Waals surface area contributed by atoms with Crippen LogP contribution < -0.4 is 27.0 Å². The molecular weight excluding hydrogens is 1140 g/mol. The first-order valence-electron chi connectivity index (χ1n) is 30.1. The number of amides is 3. The number of hydrogen-bond acceptors (Lipinski definition) is 17. The molecule has 0 spiro atoms. The number of imidazole rings is 1. The lowest BCUT2D eigenvalue weighted by Crippen LogP contribution is -2.65. The summed E-state index contributed by atoms with van der Waals surface area (Å²) >= 11 is 1.57. The van der Waals surface area contributed by atoms with E-state index < -0.39 is 47.3 Å². The van der Waals surface area contributed by atoms with E-state index in [1.165, 1.54) is 17.3 Å². The average Bonchev–Trinajstić information content (AvgIpc) is 4.13. The van der Waals surface area contributed by atoms with E-state index in [-0.39, 0.29) is 68.4 Å². The van der Waals surface area contributed by atoms with Gasteiger partial charge in [0.05, 0.1) is 64.2 Å². The molecule has 4 fully saturated rings. The van der Waals surface area contributed by atoms with E-state index in [1.807, 2.05) is 76.5 Å². The standard InChI is InChI=1S/C62H81F4N15O5S/c1-38(41-7-9-42(10-8-41)53-39(2)73-37-87-53)74-57(84)49-30-46(82)33-81(49)58(85)54(60(3,4)5)75-51(83)15-20-77-22-25-78(26-23-77)24-21-76-18-13-40(14-19-76)27-43-11-12-44(28-47(43)63)48-29-45(32-80-36-72-52-55(67)70-35-71-56(52)80)50(31-69-48)79-17-6-16-61(68,34-79)59(86)62(64,65)66/h7-12,28-29,31,35-38,40,46,49,54,59,82,86H,6,13-27,30,32-34,68H2,1-5H3,(H,74,84)(H,75,83)(H2,67,70,71)/t38-,46+,49-,54+,59-,61+/m0/s1. The lowest BCUT2D eigenvalue weighted by molar-refractivity contribution is -0.224. The third-order valence-corrected chi connectivity index (χ3v) is 18.9. The number of nitrogens with zero attached hydrogens (tertiary/aromatic N) is 11. The minimum Gasteiger partial charge on any atom is -0.391 e. The Morgan fingerprint density at radius 1 is 0.862 bits per heavy atom. The number of nitrogen functional groups attached to an aromatic ring is 1. The number of pyridine rings is 1. The molecule has 10 rings (SSSR count). The molecule has 0 aliphatic carbocycles. The summed E-state index contributed by atoms with van der Waals surface area (Å²) in [6.45, 7) is 17.3. The largest absolute Gasteiger partial charge is 0.416 e. The fraction of sp³-hybridized carbons (Fsp3) is 0.548. The second-order valence-corrected chi connectivity index (χ2v) is 26.2. The molecule has 0 radical (unpaired) electrons. The van der Waals surface area contributed by atoms with Crippen LogP contribution in [0.25, 0.3) is 32.9 Å². The molecule has 2 aromatic carbocycles. The minimum atomic E-state index is -4.90. The second kappa shape index (κ2) is 26.5. The number of aromatic nitrogens is 6. The molecule has 4 aliphatic heterocycles. The number of aliphatic hydroxyl groups is 2. The fourth-order valence-electron chi connectivity index (χ4n) is 12.7. The Morgan fingerprint density at radius 2 is 1.55 bits per heavy atom. The summed E-state index contributed by atoms with van der Waals surface area (Å²) < 4.78 is 59.2. The molecule has 87 heavy (non-hydrogen) atoms. The maximum atomic E-state index is 16.1. The van der Waals surface area contributed by atoms with Gasteiger partial charge in [0.15, 0.2) is 17.6 Å². The summed E-state index contributed by atoms with van der Waals surface area (Å²) in [5.74, 6) is -0.831. The molecule has 0 saturated carbocycles. The van der Waals surface area contributed by atoms with Crippen LogP contribution in [-0.4, -0.2) is 192 Å². The number of alkyl halides is 3. The number of nitrogens with one attached hydrogen (secondary N) is 2. The van der Waals surface area contributed by atoms with Crippen molar-refractivity contribution in [2.75, 3.05) is 89.2 Å². The number of carbonyl (C=O) groups excluding carboxylic acids is 3. The zero-order valence-corrected chi connectivity index (χ0v) is 51.0. The Kier molecular flexibility index (Phi) is 19.3. The van der Waals surface area contributed by atoms with Gasteiger partial charge in [-0.25, -0.2) is 24.3 Å². The molecule has 4 aromatic heterocycles. The lowest BCUT2D eigenvalue weighted by Gasteiger charge is -2.44. The monoisotopic (exact) mass is 1220 g/mol. The zero-order chi connectivity index (χ0) is 62.0. The molecule has 8 N–H and O–H groups in total. The third kappa shape index (κ3) is 14.9. The van der Waals surface area contributed by atoms with E-state index in [0.29, 0.717) is 71.1 Å². The van der Waals surface area contributed by atoms with Gasteiger partial charge >= 0.3 is 6.18 Å². The summed E-state index contributed by atoms with van der Waals surface area (Å²) in [7, 11) is 0. The van der Waals surface area contributed by atoms with Crippen LogP contribution in [-0.2, 0) is 27.3 Å². The second-order valence-electron chi connectivity index (χ2n) is 25.3. The Balaban J connectivity index is 0.668. The number of benzene rings is 2. The van der Waals surface area contributed by atoms with E-state index >= 15 is 4.39 Å². The molecule has 20 nitrogen and oxygen atoms in total. The molecule has 0 unspecified atom stereocenters. The van der Waals surface area contributed by atoms with Crippen molar-refractivity contribution in [2.45, 2.75) is 128 Å². The van der Waals surface area contributed by atoms with Gasteiger partial charge in [-0.05, 0) is 105 Å². The summed E-state index contributed by atoms with van der Waals surface area (Å²) in [5, 5.41) is 27.1. The molecular formula is C62H81F4N15O5S. The highest BCUT2D eigenvalue weighted by Gasteiger charge is 2.53. The molecule has 6 aromatic rings. The van der Waals surface area contributed by atoms with Gasteiger partial charge in [0, 0.05) is 83.9 Å². The Morgan fingerprint density at radius 3 is 2.22 bits per heavy atom.